The summed E-state index contributed by atoms with van der Waals surface area (Å²) in [6, 6.07) is 11.9. The van der Waals surface area contributed by atoms with Gasteiger partial charge in [0.05, 0.1) is 47.3 Å². The highest BCUT2D eigenvalue weighted by Gasteiger charge is 2.77. The fraction of sp³-hybridized carbons (Fsp3) is 0.474. The Balaban J connectivity index is 1.55. The molecule has 1 unspecified atom stereocenters. The van der Waals surface area contributed by atoms with E-state index in [4.69, 9.17) is 21.1 Å². The number of halogens is 2. The quantitative estimate of drug-likeness (QED) is 0.140. The predicted octanol–water partition coefficient (Wildman–Crippen LogP) is 5.44. The number of aliphatic hydroxyl groups excluding tert-OH is 1. The summed E-state index contributed by atoms with van der Waals surface area (Å²) >= 11 is 10.4. The van der Waals surface area contributed by atoms with Gasteiger partial charge in [-0.2, -0.15) is 0 Å². The number of fused-ring (bicyclic) bond motifs is 1. The molecule has 3 aliphatic heterocycles. The Hall–Kier alpha value is -3.51. The third kappa shape index (κ3) is 6.77. The molecule has 0 radical (unpaired) electrons. The zero-order chi connectivity index (χ0) is 36.3. The van der Waals surface area contributed by atoms with Gasteiger partial charge in [-0.15, -0.1) is 13.2 Å². The van der Waals surface area contributed by atoms with Crippen LogP contribution in [0.25, 0.3) is 0 Å². The van der Waals surface area contributed by atoms with Crippen LogP contribution in [-0.2, 0) is 28.7 Å². The Morgan fingerprint density at radius 3 is 2.54 bits per heavy atom. The van der Waals surface area contributed by atoms with Crippen molar-refractivity contribution in [3.8, 4) is 0 Å². The van der Waals surface area contributed by atoms with Crippen molar-refractivity contribution in [2.75, 3.05) is 18.1 Å². The summed E-state index contributed by atoms with van der Waals surface area (Å²) in [6.45, 7) is 12.7. The zero-order valence-corrected chi connectivity index (χ0v) is 30.9. The molecule has 1 spiro atoms. The number of alkyl halides is 1. The number of carbonyl (C=O) groups excluding carboxylic acids is 4. The number of anilines is 1. The van der Waals surface area contributed by atoms with E-state index in [0.29, 0.717) is 29.1 Å². The first-order valence-corrected chi connectivity index (χ1v) is 18.3. The summed E-state index contributed by atoms with van der Waals surface area (Å²) in [5.74, 6) is -3.92. The van der Waals surface area contributed by atoms with Crippen molar-refractivity contribution in [3.05, 3.63) is 90.0 Å². The van der Waals surface area contributed by atoms with E-state index in [0.717, 1.165) is 5.56 Å². The molecule has 268 valence electrons. The number of amides is 3. The Morgan fingerprint density at radius 1 is 1.20 bits per heavy atom. The molecule has 50 heavy (non-hydrogen) atoms. The molecule has 5 rings (SSSR count). The van der Waals surface area contributed by atoms with E-state index in [1.165, 1.54) is 9.80 Å². The number of esters is 1. The second kappa shape index (κ2) is 15.8. The minimum atomic E-state index is -1.40. The molecule has 3 aliphatic rings. The minimum absolute atomic E-state index is 0.0976. The smallest absolute Gasteiger partial charge is 0.313 e. The number of ether oxygens (including phenoxy) is 2. The predicted molar refractivity (Wildman–Crippen MR) is 195 cm³/mol. The molecule has 3 saturated heterocycles. The fourth-order valence-electron chi connectivity index (χ4n) is 7.90. The van der Waals surface area contributed by atoms with Gasteiger partial charge < -0.3 is 29.7 Å². The number of nitrogens with one attached hydrogen (secondary N) is 1. The van der Waals surface area contributed by atoms with Gasteiger partial charge in [0.1, 0.15) is 17.7 Å². The van der Waals surface area contributed by atoms with Gasteiger partial charge in [0.25, 0.3) is 5.91 Å². The second-order valence-corrected chi connectivity index (χ2v) is 14.8. The lowest BCUT2D eigenvalue weighted by Crippen LogP contribution is -2.59. The van der Waals surface area contributed by atoms with Crippen LogP contribution < -0.4 is 10.2 Å². The summed E-state index contributed by atoms with van der Waals surface area (Å²) in [5.41, 5.74) is 0.499. The Morgan fingerprint density at radius 2 is 1.92 bits per heavy atom. The number of allylic oxidation sites excluding steroid dienone is 1. The normalized spacial score (nSPS) is 26.9. The van der Waals surface area contributed by atoms with Crippen molar-refractivity contribution in [1.82, 2.24) is 10.2 Å². The van der Waals surface area contributed by atoms with Gasteiger partial charge >= 0.3 is 5.97 Å². The van der Waals surface area contributed by atoms with Crippen molar-refractivity contribution < 1.29 is 33.8 Å². The first kappa shape index (κ1) is 37.7. The van der Waals surface area contributed by atoms with Gasteiger partial charge in [-0.3, -0.25) is 19.2 Å². The number of aryl methyl sites for hydroxylation is 1. The molecule has 2 aromatic rings. The van der Waals surface area contributed by atoms with Gasteiger partial charge in [0, 0.05) is 17.8 Å². The lowest BCUT2D eigenvalue weighted by Gasteiger charge is -2.39. The molecule has 2 N–H and O–H groups in total. The molecule has 2 bridgehead atoms. The molecular weight excluding hydrogens is 726 g/mol. The third-order valence-electron chi connectivity index (χ3n) is 10.1. The van der Waals surface area contributed by atoms with Gasteiger partial charge in [0.15, 0.2) is 0 Å². The van der Waals surface area contributed by atoms with Crippen molar-refractivity contribution in [1.29, 1.82) is 0 Å². The number of likely N-dealkylation sites (tertiary alicyclic amines) is 1. The van der Waals surface area contributed by atoms with E-state index in [1.807, 2.05) is 50.2 Å². The Kier molecular flexibility index (Phi) is 11.9. The number of para-hydroxylation sites is 1. The van der Waals surface area contributed by atoms with Crippen LogP contribution in [-0.4, -0.2) is 81.5 Å². The SMILES string of the molecule is C=CCCC(=O)N[C@@H](C)[C@H](OC(=O)[C@H]1[C@@H]2O[C@@]3(CC2Br)[C@@H]1C(=O)N([C@@H](CC)CO)[C@@H]3C(=O)N(CC=C)c1c(C)cccc1Cl)c1ccccc1. The molecule has 3 amide bonds. The van der Waals surface area contributed by atoms with E-state index >= 15 is 0 Å². The van der Waals surface area contributed by atoms with E-state index in [1.54, 1.807) is 31.2 Å². The average Bonchev–Trinajstić information content (AvgIpc) is 3.69. The molecule has 0 aliphatic carbocycles. The molecule has 9 atom stereocenters. The number of carbonyl (C=O) groups is 4. The average molecular weight is 771 g/mol. The second-order valence-electron chi connectivity index (χ2n) is 13.2. The van der Waals surface area contributed by atoms with E-state index in [9.17, 15) is 24.3 Å². The molecule has 3 heterocycles. The van der Waals surface area contributed by atoms with Gasteiger partial charge in [0.2, 0.25) is 11.8 Å². The van der Waals surface area contributed by atoms with Gasteiger partial charge in [-0.05, 0) is 50.3 Å². The summed E-state index contributed by atoms with van der Waals surface area (Å²) < 4.78 is 13.0. The van der Waals surface area contributed by atoms with E-state index in [-0.39, 0.29) is 30.1 Å². The van der Waals surface area contributed by atoms with E-state index in [2.05, 4.69) is 34.4 Å². The number of hydrogen-bond donors (Lipinski definition) is 2. The van der Waals surface area contributed by atoms with E-state index < -0.39 is 72.2 Å². The highest BCUT2D eigenvalue weighted by molar-refractivity contribution is 9.09. The first-order valence-electron chi connectivity index (χ1n) is 17.0. The van der Waals surface area contributed by atoms with Crippen LogP contribution in [0.5, 0.6) is 0 Å². The summed E-state index contributed by atoms with van der Waals surface area (Å²) in [7, 11) is 0. The minimum Gasteiger partial charge on any atom is -0.455 e. The first-order chi connectivity index (χ1) is 23.9. The number of rotatable bonds is 15. The van der Waals surface area contributed by atoms with Crippen LogP contribution in [0.1, 0.15) is 56.8 Å². The van der Waals surface area contributed by atoms with Gasteiger partial charge in [-0.1, -0.05) is 89.1 Å². The van der Waals surface area contributed by atoms with Crippen LogP contribution in [0.15, 0.2) is 73.8 Å². The van der Waals surface area contributed by atoms with Gasteiger partial charge in [-0.25, -0.2) is 0 Å². The number of nitrogens with zero attached hydrogens (tertiary/aromatic N) is 2. The maximum Gasteiger partial charge on any atom is 0.313 e. The van der Waals surface area contributed by atoms with Crippen molar-refractivity contribution in [2.24, 2.45) is 11.8 Å². The van der Waals surface area contributed by atoms with Crippen molar-refractivity contribution in [3.63, 3.8) is 0 Å². The largest absolute Gasteiger partial charge is 0.455 e. The number of hydrogen-bond acceptors (Lipinski definition) is 7. The maximum atomic E-state index is 15.0. The lowest BCUT2D eigenvalue weighted by atomic mass is 9.70. The molecule has 0 aromatic heterocycles. The van der Waals surface area contributed by atoms with Crippen molar-refractivity contribution >= 4 is 56.9 Å². The molecule has 10 nitrogen and oxygen atoms in total. The zero-order valence-electron chi connectivity index (χ0n) is 28.6. The summed E-state index contributed by atoms with van der Waals surface area (Å²) in [5, 5.41) is 13.8. The lowest BCUT2D eigenvalue weighted by molar-refractivity contribution is -0.162. The standard InChI is InChI=1S/C38H45BrClN3O7/c1-6-9-18-28(45)41-23(5)32(24-15-11-10-12-16-24)49-37(48)29-30-35(46)43(25(8-3)21-44)34(38(30)20-26(39)33(29)50-38)36(47)42(19-7-2)31-22(4)14-13-17-27(31)40/h6-7,10-17,23,25-26,29-30,32-34,44H,1-2,8-9,18-21H2,3-5H3,(H,41,45)/t23-,25-,26?,29+,30-,32-,33+,34+,38-/m0/s1. The maximum absolute atomic E-state index is 15.0. The van der Waals surface area contributed by atoms with Crippen LogP contribution in [0, 0.1) is 18.8 Å². The molecule has 12 heteroatoms. The van der Waals surface area contributed by atoms with Crippen LogP contribution in [0.2, 0.25) is 5.02 Å². The van der Waals surface area contributed by atoms with Crippen LogP contribution in [0.3, 0.4) is 0 Å². The Bertz CT molecular complexity index is 1600. The fourth-order valence-corrected chi connectivity index (χ4v) is 9.16. The topological polar surface area (TPSA) is 125 Å². The monoisotopic (exact) mass is 769 g/mol. The highest BCUT2D eigenvalue weighted by atomic mass is 79.9. The van der Waals surface area contributed by atoms with Crippen LogP contribution in [0.4, 0.5) is 5.69 Å². The number of aliphatic hydroxyl groups is 1. The number of benzene rings is 2. The molecular formula is C38H45BrClN3O7. The van der Waals surface area contributed by atoms with Crippen LogP contribution >= 0.6 is 27.5 Å². The molecule has 3 fully saturated rings. The summed E-state index contributed by atoms with van der Waals surface area (Å²) in [6.07, 6.45) is 2.96. The third-order valence-corrected chi connectivity index (χ3v) is 11.3. The Labute approximate surface area is 306 Å². The van der Waals surface area contributed by atoms with Crippen molar-refractivity contribution in [2.45, 2.75) is 87.2 Å². The molecule has 2 aromatic carbocycles. The highest BCUT2D eigenvalue weighted by Crippen LogP contribution is 2.61. The summed E-state index contributed by atoms with van der Waals surface area (Å²) in [4.78, 5) is 59.3. The molecule has 0 saturated carbocycles.